The lowest BCUT2D eigenvalue weighted by molar-refractivity contribution is -0.0862. The normalized spacial score (nSPS) is 41.3. The Balaban J connectivity index is 1.46. The number of aliphatic hydroxyl groups is 3. The number of aromatic amines is 1. The minimum Gasteiger partial charge on any atom is -0.390 e. The van der Waals surface area contributed by atoms with Crippen LogP contribution in [0.5, 0.6) is 0 Å². The predicted octanol–water partition coefficient (Wildman–Crippen LogP) is 3.73. The fraction of sp³-hybridized carbons (Fsp3) is 0.520. The lowest BCUT2D eigenvalue weighted by Gasteiger charge is -2.39. The summed E-state index contributed by atoms with van der Waals surface area (Å²) in [5.41, 5.74) is 1.39. The first-order chi connectivity index (χ1) is 13.8. The zero-order chi connectivity index (χ0) is 20.4. The molecule has 7 atom stereocenters. The molecule has 2 bridgehead atoms. The number of H-pyrrole nitrogens is 1. The van der Waals surface area contributed by atoms with Gasteiger partial charge in [0, 0.05) is 17.6 Å². The number of aliphatic hydroxyl groups excluding tert-OH is 1. The Kier molecular flexibility index (Phi) is 4.32. The van der Waals surface area contributed by atoms with E-state index in [1.807, 2.05) is 12.1 Å². The predicted molar refractivity (Wildman–Crippen MR) is 114 cm³/mol. The molecule has 0 spiro atoms. The molecule has 2 aromatic rings. The molecule has 4 N–H and O–H groups in total. The highest BCUT2D eigenvalue weighted by atomic mass is 16.3. The van der Waals surface area contributed by atoms with E-state index >= 15 is 0 Å². The number of para-hydroxylation sites is 1. The number of benzene rings is 1. The molecule has 1 heterocycles. The highest BCUT2D eigenvalue weighted by Crippen LogP contribution is 2.57. The molecule has 2 saturated carbocycles. The Hall–Kier alpha value is -1.88. The molecule has 1 aromatic heterocycles. The Labute approximate surface area is 172 Å². The molecule has 0 unspecified atom stereocenters. The molecule has 5 rings (SSSR count). The zero-order valence-corrected chi connectivity index (χ0v) is 17.0. The summed E-state index contributed by atoms with van der Waals surface area (Å²) in [6.45, 7) is 6.20. The van der Waals surface area contributed by atoms with Crippen molar-refractivity contribution in [2.24, 2.45) is 23.7 Å². The van der Waals surface area contributed by atoms with Crippen molar-refractivity contribution in [3.05, 3.63) is 60.3 Å². The maximum absolute atomic E-state index is 11.5. The van der Waals surface area contributed by atoms with Gasteiger partial charge < -0.3 is 20.3 Å². The van der Waals surface area contributed by atoms with Crippen molar-refractivity contribution in [1.82, 2.24) is 4.98 Å². The first-order valence-electron chi connectivity index (χ1n) is 10.8. The lowest BCUT2D eigenvalue weighted by atomic mass is 9.72. The number of hydrogen-bond donors (Lipinski definition) is 4. The zero-order valence-electron chi connectivity index (χ0n) is 17.0. The standard InChI is InChI=1S/C25H31NO3/c1-15(10-18-11-16-6-3-4-8-22(16)26-18)19-12-20-21(13-23(27)24(20,2)28)25(29)9-5-7-17(19)14-25/h3-8,11,17,19-21,23,26-29H,1,9-10,12-14H2,2H3/t17-,19+,20+,21+,23+,24-,25-/m1/s1. The van der Waals surface area contributed by atoms with Crippen LogP contribution in [-0.4, -0.2) is 37.6 Å². The topological polar surface area (TPSA) is 76.5 Å². The van der Waals surface area contributed by atoms with Gasteiger partial charge in [-0.2, -0.15) is 0 Å². The summed E-state index contributed by atoms with van der Waals surface area (Å²) in [4.78, 5) is 3.50. The summed E-state index contributed by atoms with van der Waals surface area (Å²) in [6.07, 6.45) is 6.82. The van der Waals surface area contributed by atoms with Gasteiger partial charge in [-0.15, -0.1) is 0 Å². The first kappa shape index (κ1) is 19.1. The molecule has 4 nitrogen and oxygen atoms in total. The summed E-state index contributed by atoms with van der Waals surface area (Å²) in [7, 11) is 0. The van der Waals surface area contributed by atoms with Crippen LogP contribution >= 0.6 is 0 Å². The molecular weight excluding hydrogens is 362 g/mol. The Morgan fingerprint density at radius 1 is 1.21 bits per heavy atom. The summed E-state index contributed by atoms with van der Waals surface area (Å²) in [5.74, 6) is 0.197. The minimum absolute atomic E-state index is 0.0779. The Bertz CT molecular complexity index is 940. The van der Waals surface area contributed by atoms with Gasteiger partial charge in [-0.25, -0.2) is 0 Å². The molecular formula is C25H31NO3. The van der Waals surface area contributed by atoms with Crippen LogP contribution in [0.15, 0.2) is 54.6 Å². The fourth-order valence-electron chi connectivity index (χ4n) is 6.40. The molecule has 3 aliphatic carbocycles. The van der Waals surface area contributed by atoms with Crippen molar-refractivity contribution in [3.8, 4) is 0 Å². The molecule has 0 saturated heterocycles. The molecule has 3 aliphatic rings. The quantitative estimate of drug-likeness (QED) is 0.600. The van der Waals surface area contributed by atoms with E-state index in [4.69, 9.17) is 0 Å². The largest absolute Gasteiger partial charge is 0.390 e. The van der Waals surface area contributed by atoms with Crippen molar-refractivity contribution < 1.29 is 15.3 Å². The molecule has 29 heavy (non-hydrogen) atoms. The van der Waals surface area contributed by atoms with Crippen LogP contribution in [0.4, 0.5) is 0 Å². The highest BCUT2D eigenvalue weighted by Gasteiger charge is 2.60. The third-order valence-electron chi connectivity index (χ3n) is 8.07. The number of nitrogens with one attached hydrogen (secondary N) is 1. The van der Waals surface area contributed by atoms with E-state index in [-0.39, 0.29) is 23.7 Å². The van der Waals surface area contributed by atoms with Gasteiger partial charge in [0.05, 0.1) is 17.3 Å². The van der Waals surface area contributed by atoms with E-state index in [9.17, 15) is 15.3 Å². The van der Waals surface area contributed by atoms with Crippen LogP contribution < -0.4 is 0 Å². The van der Waals surface area contributed by atoms with Crippen molar-refractivity contribution in [2.75, 3.05) is 0 Å². The van der Waals surface area contributed by atoms with Crippen LogP contribution in [0.2, 0.25) is 0 Å². The molecule has 1 aromatic carbocycles. The number of hydrogen-bond acceptors (Lipinski definition) is 3. The van der Waals surface area contributed by atoms with Gasteiger partial charge in [0.1, 0.15) is 0 Å². The highest BCUT2D eigenvalue weighted by molar-refractivity contribution is 5.80. The number of rotatable bonds is 3. The van der Waals surface area contributed by atoms with E-state index in [0.717, 1.165) is 29.6 Å². The molecule has 0 radical (unpaired) electrons. The average molecular weight is 394 g/mol. The van der Waals surface area contributed by atoms with Crippen LogP contribution in [0, 0.1) is 23.7 Å². The summed E-state index contributed by atoms with van der Waals surface area (Å²) >= 11 is 0. The van der Waals surface area contributed by atoms with Crippen molar-refractivity contribution in [1.29, 1.82) is 0 Å². The second-order valence-corrected chi connectivity index (χ2v) is 9.85. The first-order valence-corrected chi connectivity index (χ1v) is 10.8. The molecule has 0 amide bonds. The van der Waals surface area contributed by atoms with Crippen LogP contribution in [0.3, 0.4) is 0 Å². The van der Waals surface area contributed by atoms with Crippen LogP contribution in [0.1, 0.15) is 38.3 Å². The third-order valence-corrected chi connectivity index (χ3v) is 8.07. The van der Waals surface area contributed by atoms with Crippen molar-refractivity contribution in [3.63, 3.8) is 0 Å². The number of allylic oxidation sites excluding steroid dienone is 2. The SMILES string of the molecule is C=C(Cc1cc2ccccc2[nH]1)[C@@H]1C[C@H]2[C@H](C[C@H](O)[C@]2(C)O)[C@@]2(O)CC=C[C@@H]1C2. The van der Waals surface area contributed by atoms with Gasteiger partial charge >= 0.3 is 0 Å². The second-order valence-electron chi connectivity index (χ2n) is 9.85. The van der Waals surface area contributed by atoms with Crippen molar-refractivity contribution >= 4 is 10.9 Å². The summed E-state index contributed by atoms with van der Waals surface area (Å²) in [5, 5.41) is 34.3. The third kappa shape index (κ3) is 3.00. The van der Waals surface area contributed by atoms with Crippen LogP contribution in [-0.2, 0) is 6.42 Å². The van der Waals surface area contributed by atoms with Crippen molar-refractivity contribution in [2.45, 2.75) is 56.3 Å². The summed E-state index contributed by atoms with van der Waals surface area (Å²) < 4.78 is 0. The maximum atomic E-state index is 11.5. The molecule has 4 heteroatoms. The van der Waals surface area contributed by atoms with E-state index < -0.39 is 17.3 Å². The van der Waals surface area contributed by atoms with Gasteiger partial charge in [0.2, 0.25) is 0 Å². The van der Waals surface area contributed by atoms with Gasteiger partial charge in [-0.3, -0.25) is 0 Å². The fourth-order valence-corrected chi connectivity index (χ4v) is 6.40. The number of fused-ring (bicyclic) bond motifs is 5. The Morgan fingerprint density at radius 2 is 2.00 bits per heavy atom. The lowest BCUT2D eigenvalue weighted by Crippen LogP contribution is -2.44. The summed E-state index contributed by atoms with van der Waals surface area (Å²) in [6, 6.07) is 10.4. The van der Waals surface area contributed by atoms with Gasteiger partial charge in [-0.05, 0) is 73.8 Å². The van der Waals surface area contributed by atoms with Gasteiger partial charge in [0.15, 0.2) is 0 Å². The molecule has 0 aliphatic heterocycles. The second kappa shape index (κ2) is 6.56. The van der Waals surface area contributed by atoms with E-state index in [0.29, 0.717) is 19.3 Å². The average Bonchev–Trinajstić information content (AvgIpc) is 3.15. The molecule has 154 valence electrons. The molecule has 2 fully saturated rings. The van der Waals surface area contributed by atoms with E-state index in [1.54, 1.807) is 6.92 Å². The Morgan fingerprint density at radius 3 is 2.79 bits per heavy atom. The minimum atomic E-state index is -1.17. The van der Waals surface area contributed by atoms with Crippen LogP contribution in [0.25, 0.3) is 10.9 Å². The monoisotopic (exact) mass is 393 g/mol. The van der Waals surface area contributed by atoms with Gasteiger partial charge in [-0.1, -0.05) is 42.5 Å². The number of aromatic nitrogens is 1. The van der Waals surface area contributed by atoms with E-state index in [1.165, 1.54) is 5.39 Å². The van der Waals surface area contributed by atoms with Gasteiger partial charge in [0.25, 0.3) is 0 Å². The maximum Gasteiger partial charge on any atom is 0.0909 e. The smallest absolute Gasteiger partial charge is 0.0909 e. The van der Waals surface area contributed by atoms with E-state index in [2.05, 4.69) is 41.9 Å².